The number of benzene rings is 1. The molecule has 1 aromatic carbocycles. The molecule has 2 aromatic rings. The summed E-state index contributed by atoms with van der Waals surface area (Å²) in [5.41, 5.74) is 1.86. The predicted octanol–water partition coefficient (Wildman–Crippen LogP) is 3.77. The maximum absolute atomic E-state index is 10.7. The number of nitro groups is 1. The lowest BCUT2D eigenvalue weighted by molar-refractivity contribution is -0.384. The molecule has 0 aliphatic heterocycles. The molecule has 22 heavy (non-hydrogen) atoms. The van der Waals surface area contributed by atoms with Crippen molar-refractivity contribution in [3.05, 3.63) is 46.9 Å². The van der Waals surface area contributed by atoms with Crippen LogP contribution < -0.4 is 0 Å². The van der Waals surface area contributed by atoms with Crippen LogP contribution in [0, 0.1) is 10.1 Å². The molecule has 0 amide bonds. The second kappa shape index (κ2) is 6.84. The molecule has 2 rings (SSSR count). The summed E-state index contributed by atoms with van der Waals surface area (Å²) in [5, 5.41) is 10.7. The van der Waals surface area contributed by atoms with Gasteiger partial charge in [0.25, 0.3) is 5.69 Å². The van der Waals surface area contributed by atoms with Crippen LogP contribution in [-0.4, -0.2) is 29.2 Å². The van der Waals surface area contributed by atoms with Gasteiger partial charge in [0.2, 0.25) is 0 Å². The summed E-state index contributed by atoms with van der Waals surface area (Å²) in [6.45, 7) is 8.13. The number of ether oxygens (including phenoxy) is 1. The molecule has 1 heterocycles. The lowest BCUT2D eigenvalue weighted by Gasteiger charge is -2.16. The molecule has 118 valence electrons. The van der Waals surface area contributed by atoms with E-state index >= 15 is 0 Å². The highest BCUT2D eigenvalue weighted by atomic mass is 28.3. The minimum atomic E-state index is -1.09. The normalized spacial score (nSPS) is 11.6. The summed E-state index contributed by atoms with van der Waals surface area (Å²) in [6, 6.07) is 7.58. The maximum atomic E-state index is 10.7. The first-order chi connectivity index (χ1) is 10.4. The topological polar surface area (TPSA) is 70.2 Å². The largest absolute Gasteiger partial charge is 0.361 e. The molecule has 0 bridgehead atoms. The van der Waals surface area contributed by atoms with E-state index in [1.54, 1.807) is 24.7 Å². The molecule has 0 spiro atoms. The van der Waals surface area contributed by atoms with Gasteiger partial charge < -0.3 is 9.30 Å². The molecular weight excluding hydrogens is 298 g/mol. The zero-order chi connectivity index (χ0) is 16.2. The lowest BCUT2D eigenvalue weighted by Crippen LogP contribution is -2.22. The molecular formula is C15H21N3O3Si. The average molecular weight is 319 g/mol. The zero-order valence-corrected chi connectivity index (χ0v) is 14.2. The van der Waals surface area contributed by atoms with Gasteiger partial charge in [-0.05, 0) is 18.2 Å². The molecule has 0 saturated heterocycles. The second-order valence-electron chi connectivity index (χ2n) is 6.40. The van der Waals surface area contributed by atoms with Gasteiger partial charge in [-0.25, -0.2) is 4.98 Å². The van der Waals surface area contributed by atoms with Crippen molar-refractivity contribution < 1.29 is 9.66 Å². The first-order valence-electron chi connectivity index (χ1n) is 7.19. The second-order valence-corrected chi connectivity index (χ2v) is 12.0. The number of nitro benzene ring substituents is 1. The van der Waals surface area contributed by atoms with E-state index in [9.17, 15) is 10.1 Å². The molecule has 0 aliphatic carbocycles. The van der Waals surface area contributed by atoms with Crippen molar-refractivity contribution >= 4 is 13.8 Å². The van der Waals surface area contributed by atoms with Gasteiger partial charge in [-0.3, -0.25) is 10.1 Å². The first kappa shape index (κ1) is 16.4. The predicted molar refractivity (Wildman–Crippen MR) is 88.4 cm³/mol. The van der Waals surface area contributed by atoms with Gasteiger partial charge in [0.05, 0.1) is 23.1 Å². The van der Waals surface area contributed by atoms with Crippen LogP contribution in [0.25, 0.3) is 11.3 Å². The fourth-order valence-electron chi connectivity index (χ4n) is 1.96. The molecule has 0 saturated carbocycles. The van der Waals surface area contributed by atoms with Crippen LogP contribution >= 0.6 is 0 Å². The minimum Gasteiger partial charge on any atom is -0.361 e. The Labute approximate surface area is 130 Å². The Morgan fingerprint density at radius 2 is 1.95 bits per heavy atom. The van der Waals surface area contributed by atoms with Crippen molar-refractivity contribution in [1.82, 2.24) is 9.55 Å². The Balaban J connectivity index is 2.01. The van der Waals surface area contributed by atoms with Gasteiger partial charge >= 0.3 is 0 Å². The Hall–Kier alpha value is -1.99. The Morgan fingerprint density at radius 1 is 1.27 bits per heavy atom. The maximum Gasteiger partial charge on any atom is 0.269 e. The van der Waals surface area contributed by atoms with Crippen LogP contribution in [-0.2, 0) is 11.5 Å². The van der Waals surface area contributed by atoms with E-state index in [2.05, 4.69) is 24.6 Å². The molecule has 7 heteroatoms. The number of imidazole rings is 1. The zero-order valence-electron chi connectivity index (χ0n) is 13.2. The smallest absolute Gasteiger partial charge is 0.269 e. The molecule has 0 atom stereocenters. The summed E-state index contributed by atoms with van der Waals surface area (Å²) >= 11 is 0. The molecule has 0 unspecified atom stereocenters. The number of rotatable bonds is 7. The van der Waals surface area contributed by atoms with E-state index in [0.717, 1.165) is 23.9 Å². The summed E-state index contributed by atoms with van der Waals surface area (Å²) in [7, 11) is -1.09. The van der Waals surface area contributed by atoms with E-state index in [1.807, 2.05) is 4.57 Å². The van der Waals surface area contributed by atoms with Gasteiger partial charge in [-0.1, -0.05) is 19.6 Å². The van der Waals surface area contributed by atoms with Crippen LogP contribution in [0.2, 0.25) is 25.7 Å². The molecule has 6 nitrogen and oxygen atoms in total. The molecule has 0 fully saturated rings. The quantitative estimate of drug-likeness (QED) is 0.337. The van der Waals surface area contributed by atoms with Gasteiger partial charge in [-0.15, -0.1) is 0 Å². The average Bonchev–Trinajstić information content (AvgIpc) is 2.91. The first-order valence-corrected chi connectivity index (χ1v) is 10.9. The highest BCUT2D eigenvalue weighted by molar-refractivity contribution is 6.76. The van der Waals surface area contributed by atoms with Gasteiger partial charge in [0.1, 0.15) is 6.73 Å². The van der Waals surface area contributed by atoms with Crippen LogP contribution in [0.5, 0.6) is 0 Å². The summed E-state index contributed by atoms with van der Waals surface area (Å²) in [4.78, 5) is 14.4. The van der Waals surface area contributed by atoms with Crippen LogP contribution in [0.1, 0.15) is 0 Å². The van der Waals surface area contributed by atoms with Crippen LogP contribution in [0.15, 0.2) is 36.8 Å². The Bertz CT molecular complexity index is 632. The third-order valence-corrected chi connectivity index (χ3v) is 5.02. The number of hydrogen-bond donors (Lipinski definition) is 0. The fraction of sp³-hybridized carbons (Fsp3) is 0.400. The van der Waals surface area contributed by atoms with Crippen molar-refractivity contribution in [3.63, 3.8) is 0 Å². The van der Waals surface area contributed by atoms with E-state index in [-0.39, 0.29) is 5.69 Å². The van der Waals surface area contributed by atoms with Gasteiger partial charge in [0, 0.05) is 32.4 Å². The van der Waals surface area contributed by atoms with Crippen molar-refractivity contribution in [1.29, 1.82) is 0 Å². The van der Waals surface area contributed by atoms with Crippen molar-refractivity contribution in [3.8, 4) is 11.3 Å². The third-order valence-electron chi connectivity index (χ3n) is 3.31. The standard InChI is InChI=1S/C15H21N3O3Si/c1-22(2,3)9-8-21-12-17-11-16-10-15(17)13-4-6-14(7-5-13)18(19)20/h4-7,10-11H,8-9,12H2,1-3H3. The molecule has 1 aromatic heterocycles. The summed E-state index contributed by atoms with van der Waals surface area (Å²) < 4.78 is 7.64. The van der Waals surface area contributed by atoms with Crippen LogP contribution in [0.4, 0.5) is 5.69 Å². The molecule has 0 N–H and O–H groups in total. The van der Waals surface area contributed by atoms with Gasteiger partial charge in [-0.2, -0.15) is 0 Å². The van der Waals surface area contributed by atoms with E-state index < -0.39 is 13.0 Å². The van der Waals surface area contributed by atoms with E-state index in [0.29, 0.717) is 6.73 Å². The third kappa shape index (κ3) is 4.50. The van der Waals surface area contributed by atoms with Crippen LogP contribution in [0.3, 0.4) is 0 Å². The number of non-ortho nitro benzene ring substituents is 1. The Kier molecular flexibility index (Phi) is 5.10. The summed E-state index contributed by atoms with van der Waals surface area (Å²) in [6.07, 6.45) is 3.45. The molecule has 0 aliphatic rings. The summed E-state index contributed by atoms with van der Waals surface area (Å²) in [5.74, 6) is 0. The lowest BCUT2D eigenvalue weighted by atomic mass is 10.1. The van der Waals surface area contributed by atoms with Crippen molar-refractivity contribution in [2.75, 3.05) is 6.61 Å². The highest BCUT2D eigenvalue weighted by Crippen LogP contribution is 2.22. The van der Waals surface area contributed by atoms with E-state index in [1.165, 1.54) is 12.1 Å². The monoisotopic (exact) mass is 319 g/mol. The highest BCUT2D eigenvalue weighted by Gasteiger charge is 2.13. The number of aromatic nitrogens is 2. The molecule has 0 radical (unpaired) electrons. The Morgan fingerprint density at radius 3 is 2.55 bits per heavy atom. The van der Waals surface area contributed by atoms with Crippen molar-refractivity contribution in [2.45, 2.75) is 32.4 Å². The fourth-order valence-corrected chi connectivity index (χ4v) is 2.72. The SMILES string of the molecule is C[Si](C)(C)CCOCn1cncc1-c1ccc([N+](=O)[O-])cc1. The minimum absolute atomic E-state index is 0.0844. The van der Waals surface area contributed by atoms with Gasteiger partial charge in [0.15, 0.2) is 0 Å². The number of hydrogen-bond acceptors (Lipinski definition) is 4. The number of nitrogens with zero attached hydrogens (tertiary/aromatic N) is 3. The van der Waals surface area contributed by atoms with Crippen molar-refractivity contribution in [2.24, 2.45) is 0 Å². The van der Waals surface area contributed by atoms with E-state index in [4.69, 9.17) is 4.74 Å².